The highest BCUT2D eigenvalue weighted by atomic mass is 16.5. The molecule has 0 radical (unpaired) electrons. The second-order valence-corrected chi connectivity index (χ2v) is 6.04. The van der Waals surface area contributed by atoms with Gasteiger partial charge in [-0.15, -0.1) is 0 Å². The van der Waals surface area contributed by atoms with Gasteiger partial charge in [0.2, 0.25) is 0 Å². The Labute approximate surface area is 128 Å². The number of hydrogen-bond acceptors (Lipinski definition) is 4. The van der Waals surface area contributed by atoms with Crippen molar-refractivity contribution >= 4 is 11.8 Å². The van der Waals surface area contributed by atoms with Crippen molar-refractivity contribution in [1.29, 1.82) is 0 Å². The fraction of sp³-hybridized carbons (Fsp3) is 0.882. The van der Waals surface area contributed by atoms with Gasteiger partial charge in [0.1, 0.15) is 6.10 Å². The Bertz CT molecular complexity index is 314. The van der Waals surface area contributed by atoms with Gasteiger partial charge in [0.05, 0.1) is 12.5 Å². The van der Waals surface area contributed by atoms with Gasteiger partial charge in [0.15, 0.2) is 5.78 Å². The predicted molar refractivity (Wildman–Crippen MR) is 82.1 cm³/mol. The van der Waals surface area contributed by atoms with Crippen molar-refractivity contribution in [3.05, 3.63) is 0 Å². The molecule has 0 aliphatic carbocycles. The summed E-state index contributed by atoms with van der Waals surface area (Å²) in [7, 11) is 1.57. The second kappa shape index (κ2) is 10.8. The van der Waals surface area contributed by atoms with Crippen molar-refractivity contribution in [2.45, 2.75) is 89.8 Å². The fourth-order valence-corrected chi connectivity index (χ4v) is 2.78. The van der Waals surface area contributed by atoms with Crippen LogP contribution in [0.3, 0.4) is 0 Å². The van der Waals surface area contributed by atoms with E-state index in [9.17, 15) is 9.59 Å². The van der Waals surface area contributed by atoms with Gasteiger partial charge in [-0.3, -0.25) is 9.59 Å². The molecule has 0 aromatic rings. The van der Waals surface area contributed by atoms with Gasteiger partial charge in [-0.05, 0) is 26.2 Å². The van der Waals surface area contributed by atoms with Crippen molar-refractivity contribution in [3.63, 3.8) is 0 Å². The number of carbonyl (C=O) groups is 2. The lowest BCUT2D eigenvalue weighted by atomic mass is 10.0. The van der Waals surface area contributed by atoms with E-state index >= 15 is 0 Å². The zero-order chi connectivity index (χ0) is 15.5. The second-order valence-electron chi connectivity index (χ2n) is 6.04. The average Bonchev–Trinajstić information content (AvgIpc) is 2.46. The number of methoxy groups -OCH3 is 1. The number of rotatable bonds is 1. The first kappa shape index (κ1) is 18.1. The molecular formula is C17H30O4. The Kier molecular flexibility index (Phi) is 9.31. The van der Waals surface area contributed by atoms with Crippen molar-refractivity contribution in [2.24, 2.45) is 0 Å². The largest absolute Gasteiger partial charge is 0.463 e. The molecule has 4 heteroatoms. The zero-order valence-electron chi connectivity index (χ0n) is 13.6. The van der Waals surface area contributed by atoms with E-state index in [1.165, 1.54) is 25.7 Å². The highest BCUT2D eigenvalue weighted by Crippen LogP contribution is 2.15. The Hall–Kier alpha value is -0.900. The Morgan fingerprint density at radius 2 is 1.48 bits per heavy atom. The molecule has 0 saturated carbocycles. The summed E-state index contributed by atoms with van der Waals surface area (Å²) in [6, 6.07) is 0. The number of hydrogen-bond donors (Lipinski definition) is 0. The van der Waals surface area contributed by atoms with Crippen molar-refractivity contribution in [3.8, 4) is 0 Å². The topological polar surface area (TPSA) is 52.6 Å². The molecule has 1 saturated heterocycles. The molecule has 1 rings (SSSR count). The highest BCUT2D eigenvalue weighted by Gasteiger charge is 2.19. The molecule has 0 aromatic heterocycles. The van der Waals surface area contributed by atoms with Crippen LogP contribution in [0.15, 0.2) is 0 Å². The number of Topliss-reactive ketones (excluding diaryl/α,β-unsaturated/α-hetero) is 1. The van der Waals surface area contributed by atoms with Crippen molar-refractivity contribution in [2.75, 3.05) is 7.11 Å². The molecule has 0 amide bonds. The molecule has 122 valence electrons. The van der Waals surface area contributed by atoms with Gasteiger partial charge < -0.3 is 9.47 Å². The summed E-state index contributed by atoms with van der Waals surface area (Å²) < 4.78 is 10.6. The van der Waals surface area contributed by atoms with E-state index in [0.717, 1.165) is 32.1 Å². The van der Waals surface area contributed by atoms with E-state index < -0.39 is 0 Å². The standard InChI is InChI=1S/C17H30O4/c1-14-10-8-6-4-3-5-7-9-11-16(20-2)15(18)12-13-17(19)21-14/h14,16H,3-13H2,1-2H3/t14-,16+/m1/s1. The maximum atomic E-state index is 12.0. The maximum Gasteiger partial charge on any atom is 0.306 e. The molecule has 0 aromatic carbocycles. The van der Waals surface area contributed by atoms with Crippen LogP contribution in [-0.2, 0) is 19.1 Å². The van der Waals surface area contributed by atoms with Crippen LogP contribution in [0.4, 0.5) is 0 Å². The molecular weight excluding hydrogens is 268 g/mol. The monoisotopic (exact) mass is 298 g/mol. The number of carbonyl (C=O) groups excluding carboxylic acids is 2. The third-order valence-corrected chi connectivity index (χ3v) is 4.13. The Morgan fingerprint density at radius 3 is 2.10 bits per heavy atom. The Balaban J connectivity index is 2.47. The number of esters is 1. The minimum absolute atomic E-state index is 0.0224. The minimum atomic E-state index is -0.358. The third-order valence-electron chi connectivity index (χ3n) is 4.13. The maximum absolute atomic E-state index is 12.0. The van der Waals surface area contributed by atoms with Crippen LogP contribution in [0.2, 0.25) is 0 Å². The predicted octanol–water partition coefficient (Wildman–Crippen LogP) is 3.81. The number of cyclic esters (lactones) is 1. The highest BCUT2D eigenvalue weighted by molar-refractivity contribution is 5.86. The molecule has 21 heavy (non-hydrogen) atoms. The lowest BCUT2D eigenvalue weighted by molar-refractivity contribution is -0.150. The van der Waals surface area contributed by atoms with Crippen LogP contribution >= 0.6 is 0 Å². The van der Waals surface area contributed by atoms with Crippen LogP contribution in [0.5, 0.6) is 0 Å². The molecule has 4 nitrogen and oxygen atoms in total. The lowest BCUT2D eigenvalue weighted by Gasteiger charge is -2.16. The fourth-order valence-electron chi connectivity index (χ4n) is 2.78. The summed E-state index contributed by atoms with van der Waals surface area (Å²) in [6.45, 7) is 1.93. The summed E-state index contributed by atoms with van der Waals surface area (Å²) in [5, 5.41) is 0. The number of ether oxygens (including phenoxy) is 2. The minimum Gasteiger partial charge on any atom is -0.463 e. The van der Waals surface area contributed by atoms with Gasteiger partial charge >= 0.3 is 5.97 Å². The van der Waals surface area contributed by atoms with Crippen molar-refractivity contribution < 1.29 is 19.1 Å². The Morgan fingerprint density at radius 1 is 0.905 bits per heavy atom. The van der Waals surface area contributed by atoms with Crippen LogP contribution in [0, 0.1) is 0 Å². The summed E-state index contributed by atoms with van der Waals surface area (Å²) in [5.74, 6) is -0.244. The van der Waals surface area contributed by atoms with Crippen LogP contribution < -0.4 is 0 Å². The number of ketones is 1. The summed E-state index contributed by atoms with van der Waals surface area (Å²) in [6.07, 6.45) is 9.90. The first-order valence-electron chi connectivity index (χ1n) is 8.38. The average molecular weight is 298 g/mol. The van der Waals surface area contributed by atoms with Crippen LogP contribution in [-0.4, -0.2) is 31.1 Å². The van der Waals surface area contributed by atoms with Gasteiger partial charge in [-0.1, -0.05) is 38.5 Å². The van der Waals surface area contributed by atoms with Crippen molar-refractivity contribution in [1.82, 2.24) is 0 Å². The van der Waals surface area contributed by atoms with E-state index in [4.69, 9.17) is 9.47 Å². The van der Waals surface area contributed by atoms with Crippen LogP contribution in [0.25, 0.3) is 0 Å². The summed E-state index contributed by atoms with van der Waals surface area (Å²) >= 11 is 0. The molecule has 1 fully saturated rings. The van der Waals surface area contributed by atoms with Crippen LogP contribution in [0.1, 0.15) is 77.6 Å². The SMILES string of the molecule is CO[C@H]1CCCCCCCCC[C@@H](C)OC(=O)CCC1=O. The molecule has 0 spiro atoms. The van der Waals surface area contributed by atoms with Gasteiger partial charge in [-0.25, -0.2) is 0 Å². The van der Waals surface area contributed by atoms with E-state index in [0.29, 0.717) is 0 Å². The van der Waals surface area contributed by atoms with Gasteiger partial charge in [0.25, 0.3) is 0 Å². The summed E-state index contributed by atoms with van der Waals surface area (Å²) in [5.41, 5.74) is 0. The molecule has 1 heterocycles. The first-order chi connectivity index (χ1) is 10.1. The molecule has 2 atom stereocenters. The molecule has 0 N–H and O–H groups in total. The first-order valence-corrected chi connectivity index (χ1v) is 8.38. The molecule has 0 unspecified atom stereocenters. The van der Waals surface area contributed by atoms with Gasteiger partial charge in [0, 0.05) is 13.5 Å². The van der Waals surface area contributed by atoms with E-state index in [1.54, 1.807) is 7.11 Å². The van der Waals surface area contributed by atoms with E-state index in [-0.39, 0.29) is 36.8 Å². The smallest absolute Gasteiger partial charge is 0.306 e. The third kappa shape index (κ3) is 8.20. The normalized spacial score (nSPS) is 28.1. The quantitative estimate of drug-likeness (QED) is 0.691. The summed E-state index contributed by atoms with van der Waals surface area (Å²) in [4.78, 5) is 23.7. The molecule has 1 aliphatic heterocycles. The van der Waals surface area contributed by atoms with Gasteiger partial charge in [-0.2, -0.15) is 0 Å². The zero-order valence-corrected chi connectivity index (χ0v) is 13.6. The van der Waals surface area contributed by atoms with E-state index in [1.807, 2.05) is 6.92 Å². The lowest BCUT2D eigenvalue weighted by Crippen LogP contribution is -2.24. The molecule has 0 bridgehead atoms. The molecule has 1 aliphatic rings. The van der Waals surface area contributed by atoms with E-state index in [2.05, 4.69) is 0 Å².